The predicted octanol–water partition coefficient (Wildman–Crippen LogP) is 2.02. The molecular weight excluding hydrogens is 244 g/mol. The quantitative estimate of drug-likeness (QED) is 0.813. The summed E-state index contributed by atoms with van der Waals surface area (Å²) < 4.78 is 0. The van der Waals surface area contributed by atoms with Crippen LogP contribution < -0.4 is 5.32 Å². The van der Waals surface area contributed by atoms with E-state index in [4.69, 9.17) is 5.11 Å². The van der Waals surface area contributed by atoms with Gasteiger partial charge in [-0.05, 0) is 25.8 Å². The molecule has 2 N–H and O–H groups in total. The van der Waals surface area contributed by atoms with Crippen molar-refractivity contribution in [2.75, 3.05) is 5.32 Å². The van der Waals surface area contributed by atoms with Crippen molar-refractivity contribution in [3.05, 3.63) is 16.8 Å². The maximum Gasteiger partial charge on any atom is 0.305 e. The molecule has 0 aliphatic heterocycles. The van der Waals surface area contributed by atoms with Crippen molar-refractivity contribution < 1.29 is 9.90 Å². The number of aryl methyl sites for hydroxylation is 1. The summed E-state index contributed by atoms with van der Waals surface area (Å²) in [6, 6.07) is 1.85. The molecular formula is C13H18N4O2. The molecule has 102 valence electrons. The van der Waals surface area contributed by atoms with E-state index in [2.05, 4.69) is 21.6 Å². The van der Waals surface area contributed by atoms with E-state index in [1.807, 2.05) is 6.92 Å². The number of nitrogens with one attached hydrogen (secondary N) is 1. The van der Waals surface area contributed by atoms with Crippen molar-refractivity contribution >= 4 is 11.8 Å². The largest absolute Gasteiger partial charge is 0.481 e. The maximum absolute atomic E-state index is 10.8. The Bertz CT molecular complexity index is 508. The summed E-state index contributed by atoms with van der Waals surface area (Å²) in [5.74, 6) is -0.508. The van der Waals surface area contributed by atoms with Gasteiger partial charge in [0, 0.05) is 6.04 Å². The van der Waals surface area contributed by atoms with Crippen LogP contribution in [0.1, 0.15) is 43.0 Å². The lowest BCUT2D eigenvalue weighted by Crippen LogP contribution is -2.24. The van der Waals surface area contributed by atoms with Crippen molar-refractivity contribution in [3.63, 3.8) is 0 Å². The van der Waals surface area contributed by atoms with Crippen LogP contribution in [0.2, 0.25) is 0 Å². The van der Waals surface area contributed by atoms with Gasteiger partial charge < -0.3 is 10.4 Å². The zero-order chi connectivity index (χ0) is 14.4. The molecule has 0 aliphatic carbocycles. The molecule has 6 heteroatoms. The van der Waals surface area contributed by atoms with Gasteiger partial charge in [-0.1, -0.05) is 13.3 Å². The van der Waals surface area contributed by atoms with Crippen LogP contribution in [0.5, 0.6) is 0 Å². The van der Waals surface area contributed by atoms with Crippen LogP contribution in [0.25, 0.3) is 0 Å². The van der Waals surface area contributed by atoms with Gasteiger partial charge in [0.05, 0.1) is 12.1 Å². The van der Waals surface area contributed by atoms with E-state index in [1.54, 1.807) is 13.8 Å². The highest BCUT2D eigenvalue weighted by Gasteiger charge is 2.17. The third-order valence-electron chi connectivity index (χ3n) is 2.97. The standard InChI is InChI=1S/C13H18N4O2/c1-4-5-10(6-12(18)19)15-13-11(7-14)8(2)9(3)16-17-13/h10H,4-6H2,1-3H3,(H,15,17)(H,18,19). The van der Waals surface area contributed by atoms with Gasteiger partial charge in [-0.3, -0.25) is 4.79 Å². The maximum atomic E-state index is 10.8. The molecule has 1 atom stereocenters. The lowest BCUT2D eigenvalue weighted by Gasteiger charge is -2.18. The molecule has 1 aromatic heterocycles. The Hall–Kier alpha value is -2.16. The first-order chi connectivity index (χ1) is 8.99. The molecule has 1 aromatic rings. The molecule has 1 unspecified atom stereocenters. The minimum Gasteiger partial charge on any atom is -0.481 e. The third kappa shape index (κ3) is 3.91. The van der Waals surface area contributed by atoms with Crippen molar-refractivity contribution in [1.29, 1.82) is 5.26 Å². The molecule has 1 rings (SSSR count). The fraction of sp³-hybridized carbons (Fsp3) is 0.538. The highest BCUT2D eigenvalue weighted by atomic mass is 16.4. The molecule has 0 aliphatic rings. The first-order valence-electron chi connectivity index (χ1n) is 6.21. The molecule has 0 amide bonds. The first-order valence-corrected chi connectivity index (χ1v) is 6.21. The number of carbonyl (C=O) groups is 1. The molecule has 0 aromatic carbocycles. The average molecular weight is 262 g/mol. The van der Waals surface area contributed by atoms with Crippen LogP contribution in [0, 0.1) is 25.2 Å². The molecule has 0 saturated carbocycles. The summed E-state index contributed by atoms with van der Waals surface area (Å²) in [4.78, 5) is 10.8. The van der Waals surface area contributed by atoms with E-state index in [0.29, 0.717) is 23.5 Å². The highest BCUT2D eigenvalue weighted by Crippen LogP contribution is 2.19. The zero-order valence-corrected chi connectivity index (χ0v) is 11.4. The summed E-state index contributed by atoms with van der Waals surface area (Å²) in [6.45, 7) is 5.57. The third-order valence-corrected chi connectivity index (χ3v) is 2.97. The fourth-order valence-electron chi connectivity index (χ4n) is 1.82. The minimum atomic E-state index is -0.874. The number of carboxylic acid groups (broad SMARTS) is 1. The van der Waals surface area contributed by atoms with Gasteiger partial charge in [-0.25, -0.2) is 0 Å². The van der Waals surface area contributed by atoms with Crippen LogP contribution in [0.4, 0.5) is 5.82 Å². The van der Waals surface area contributed by atoms with Crippen LogP contribution in [-0.4, -0.2) is 27.3 Å². The van der Waals surface area contributed by atoms with E-state index >= 15 is 0 Å². The lowest BCUT2D eigenvalue weighted by molar-refractivity contribution is -0.137. The Morgan fingerprint density at radius 2 is 2.16 bits per heavy atom. The van der Waals surface area contributed by atoms with E-state index < -0.39 is 5.97 Å². The van der Waals surface area contributed by atoms with E-state index in [9.17, 15) is 10.1 Å². The smallest absolute Gasteiger partial charge is 0.305 e. The predicted molar refractivity (Wildman–Crippen MR) is 70.8 cm³/mol. The molecule has 19 heavy (non-hydrogen) atoms. The van der Waals surface area contributed by atoms with Crippen LogP contribution in [0.3, 0.4) is 0 Å². The lowest BCUT2D eigenvalue weighted by atomic mass is 10.1. The van der Waals surface area contributed by atoms with Crippen LogP contribution in [-0.2, 0) is 4.79 Å². The Morgan fingerprint density at radius 3 is 2.68 bits per heavy atom. The SMILES string of the molecule is CCCC(CC(=O)O)Nc1nnc(C)c(C)c1C#N. The summed E-state index contributed by atoms with van der Waals surface area (Å²) >= 11 is 0. The van der Waals surface area contributed by atoms with E-state index in [1.165, 1.54) is 0 Å². The van der Waals surface area contributed by atoms with Gasteiger partial charge >= 0.3 is 5.97 Å². The number of anilines is 1. The number of carboxylic acids is 1. The molecule has 0 fully saturated rings. The Morgan fingerprint density at radius 1 is 1.47 bits per heavy atom. The number of hydrogen-bond acceptors (Lipinski definition) is 5. The second-order valence-electron chi connectivity index (χ2n) is 4.47. The summed E-state index contributed by atoms with van der Waals surface area (Å²) in [5.41, 5.74) is 1.90. The number of hydrogen-bond donors (Lipinski definition) is 2. The summed E-state index contributed by atoms with van der Waals surface area (Å²) in [5, 5.41) is 29.0. The Labute approximate surface area is 112 Å². The number of aliphatic carboxylic acids is 1. The fourth-order valence-corrected chi connectivity index (χ4v) is 1.82. The zero-order valence-electron chi connectivity index (χ0n) is 11.4. The monoisotopic (exact) mass is 262 g/mol. The van der Waals surface area contributed by atoms with Crippen LogP contribution >= 0.6 is 0 Å². The number of nitrogens with zero attached hydrogens (tertiary/aromatic N) is 3. The van der Waals surface area contributed by atoms with Gasteiger partial charge in [-0.15, -0.1) is 5.10 Å². The second-order valence-corrected chi connectivity index (χ2v) is 4.47. The molecule has 0 spiro atoms. The van der Waals surface area contributed by atoms with Gasteiger partial charge in [0.2, 0.25) is 0 Å². The highest BCUT2D eigenvalue weighted by molar-refractivity contribution is 5.68. The summed E-state index contributed by atoms with van der Waals surface area (Å²) in [6.07, 6.45) is 1.55. The topological polar surface area (TPSA) is 98.9 Å². The molecule has 0 saturated heterocycles. The average Bonchev–Trinajstić information content (AvgIpc) is 2.34. The van der Waals surface area contributed by atoms with Gasteiger partial charge in [0.1, 0.15) is 11.6 Å². The van der Waals surface area contributed by atoms with Crippen molar-refractivity contribution in [2.24, 2.45) is 0 Å². The van der Waals surface area contributed by atoms with Gasteiger partial charge in [0.25, 0.3) is 0 Å². The second kappa shape index (κ2) is 6.69. The van der Waals surface area contributed by atoms with Crippen molar-refractivity contribution in [2.45, 2.75) is 46.1 Å². The van der Waals surface area contributed by atoms with E-state index in [0.717, 1.165) is 12.0 Å². The Balaban J connectivity index is 2.99. The van der Waals surface area contributed by atoms with E-state index in [-0.39, 0.29) is 12.5 Å². The van der Waals surface area contributed by atoms with Gasteiger partial charge in [0.15, 0.2) is 5.82 Å². The Kier molecular flexibility index (Phi) is 5.24. The van der Waals surface area contributed by atoms with Crippen molar-refractivity contribution in [3.8, 4) is 6.07 Å². The first kappa shape index (κ1) is 14.9. The summed E-state index contributed by atoms with van der Waals surface area (Å²) in [7, 11) is 0. The van der Waals surface area contributed by atoms with Crippen molar-refractivity contribution in [1.82, 2.24) is 10.2 Å². The number of rotatable bonds is 6. The molecule has 0 bridgehead atoms. The molecule has 0 radical (unpaired) electrons. The molecule has 1 heterocycles. The number of nitriles is 1. The van der Waals surface area contributed by atoms with Crippen LogP contribution in [0.15, 0.2) is 0 Å². The minimum absolute atomic E-state index is 0.00663. The molecule has 6 nitrogen and oxygen atoms in total. The number of aromatic nitrogens is 2. The normalized spacial score (nSPS) is 11.7. The van der Waals surface area contributed by atoms with Gasteiger partial charge in [-0.2, -0.15) is 10.4 Å².